The van der Waals surface area contributed by atoms with Crippen molar-refractivity contribution in [3.05, 3.63) is 0 Å². The first-order valence-electron chi connectivity index (χ1n) is 4.66. The van der Waals surface area contributed by atoms with Crippen LogP contribution in [0.5, 0.6) is 0 Å². The van der Waals surface area contributed by atoms with Crippen LogP contribution in [0.25, 0.3) is 0 Å². The molecule has 0 bridgehead atoms. The van der Waals surface area contributed by atoms with E-state index in [-0.39, 0.29) is 11.5 Å². The highest BCUT2D eigenvalue weighted by molar-refractivity contribution is 5.12. The van der Waals surface area contributed by atoms with Crippen molar-refractivity contribution in [1.29, 1.82) is 0 Å². The highest BCUT2D eigenvalue weighted by Gasteiger charge is 2.63. The molecule has 0 saturated heterocycles. The molecule has 0 aliphatic heterocycles. The molecule has 1 nitrogen and oxygen atoms in total. The SMILES string of the molecule is CC1(C)C(O)CCC2CC21C. The van der Waals surface area contributed by atoms with Crippen LogP contribution >= 0.6 is 0 Å². The van der Waals surface area contributed by atoms with E-state index in [2.05, 4.69) is 20.8 Å². The number of rotatable bonds is 0. The largest absolute Gasteiger partial charge is 0.393 e. The van der Waals surface area contributed by atoms with E-state index < -0.39 is 0 Å². The maximum atomic E-state index is 9.80. The van der Waals surface area contributed by atoms with Gasteiger partial charge >= 0.3 is 0 Å². The van der Waals surface area contributed by atoms with Gasteiger partial charge in [0, 0.05) is 0 Å². The van der Waals surface area contributed by atoms with Crippen LogP contribution in [0.3, 0.4) is 0 Å². The van der Waals surface area contributed by atoms with E-state index in [9.17, 15) is 5.11 Å². The van der Waals surface area contributed by atoms with Crippen molar-refractivity contribution in [3.63, 3.8) is 0 Å². The minimum Gasteiger partial charge on any atom is -0.393 e. The molecule has 2 rings (SSSR count). The Balaban J connectivity index is 2.26. The third-order valence-corrected chi connectivity index (χ3v) is 4.50. The van der Waals surface area contributed by atoms with Crippen molar-refractivity contribution in [2.24, 2.45) is 16.7 Å². The highest BCUT2D eigenvalue weighted by atomic mass is 16.3. The molecule has 2 fully saturated rings. The Labute approximate surface area is 68.8 Å². The summed E-state index contributed by atoms with van der Waals surface area (Å²) in [5.41, 5.74) is 0.626. The van der Waals surface area contributed by atoms with Crippen molar-refractivity contribution in [2.75, 3.05) is 0 Å². The summed E-state index contributed by atoms with van der Waals surface area (Å²) in [6.45, 7) is 6.77. The summed E-state index contributed by atoms with van der Waals surface area (Å²) in [4.78, 5) is 0. The van der Waals surface area contributed by atoms with Gasteiger partial charge in [-0.1, -0.05) is 20.8 Å². The Morgan fingerprint density at radius 1 is 1.18 bits per heavy atom. The zero-order chi connectivity index (χ0) is 8.28. The van der Waals surface area contributed by atoms with Gasteiger partial charge in [0.05, 0.1) is 6.10 Å². The fourth-order valence-corrected chi connectivity index (χ4v) is 2.76. The molecule has 0 aromatic carbocycles. The van der Waals surface area contributed by atoms with Gasteiger partial charge in [-0.15, -0.1) is 0 Å². The number of aliphatic hydroxyl groups is 1. The lowest BCUT2D eigenvalue weighted by Gasteiger charge is -2.41. The predicted molar refractivity (Wildman–Crippen MR) is 45.2 cm³/mol. The van der Waals surface area contributed by atoms with E-state index in [0.717, 1.165) is 12.3 Å². The first kappa shape index (κ1) is 7.60. The molecule has 0 radical (unpaired) electrons. The molecule has 1 N–H and O–H groups in total. The average Bonchev–Trinajstić information content (AvgIpc) is 2.57. The Bertz CT molecular complexity index is 185. The molecule has 3 unspecified atom stereocenters. The minimum absolute atomic E-state index is 0.0637. The van der Waals surface area contributed by atoms with Gasteiger partial charge in [-0.2, -0.15) is 0 Å². The van der Waals surface area contributed by atoms with Gasteiger partial charge in [-0.05, 0) is 36.0 Å². The molecule has 2 aliphatic carbocycles. The van der Waals surface area contributed by atoms with Crippen molar-refractivity contribution < 1.29 is 5.11 Å². The third kappa shape index (κ3) is 0.752. The van der Waals surface area contributed by atoms with Gasteiger partial charge in [-0.3, -0.25) is 0 Å². The quantitative estimate of drug-likeness (QED) is 0.567. The molecular formula is C10H18O. The lowest BCUT2D eigenvalue weighted by Crippen LogP contribution is -2.40. The Morgan fingerprint density at radius 2 is 1.82 bits per heavy atom. The number of fused-ring (bicyclic) bond motifs is 1. The van der Waals surface area contributed by atoms with Crippen LogP contribution in [-0.4, -0.2) is 11.2 Å². The molecule has 1 heteroatoms. The summed E-state index contributed by atoms with van der Waals surface area (Å²) >= 11 is 0. The zero-order valence-corrected chi connectivity index (χ0v) is 7.72. The van der Waals surface area contributed by atoms with Gasteiger partial charge in [0.1, 0.15) is 0 Å². The molecule has 2 aliphatic rings. The van der Waals surface area contributed by atoms with Gasteiger partial charge in [0.15, 0.2) is 0 Å². The minimum atomic E-state index is -0.0637. The van der Waals surface area contributed by atoms with E-state index in [0.29, 0.717) is 5.41 Å². The van der Waals surface area contributed by atoms with Crippen molar-refractivity contribution in [3.8, 4) is 0 Å². The van der Waals surface area contributed by atoms with Gasteiger partial charge in [0.25, 0.3) is 0 Å². The van der Waals surface area contributed by atoms with E-state index in [4.69, 9.17) is 0 Å². The highest BCUT2D eigenvalue weighted by Crippen LogP contribution is 2.68. The normalized spacial score (nSPS) is 53.5. The van der Waals surface area contributed by atoms with Crippen molar-refractivity contribution in [1.82, 2.24) is 0 Å². The molecule has 0 aromatic rings. The monoisotopic (exact) mass is 154 g/mol. The average molecular weight is 154 g/mol. The van der Waals surface area contributed by atoms with Gasteiger partial charge in [0.2, 0.25) is 0 Å². The fourth-order valence-electron chi connectivity index (χ4n) is 2.76. The summed E-state index contributed by atoms with van der Waals surface area (Å²) in [5.74, 6) is 0.917. The van der Waals surface area contributed by atoms with E-state index in [1.54, 1.807) is 0 Å². The van der Waals surface area contributed by atoms with Crippen LogP contribution in [0.15, 0.2) is 0 Å². The van der Waals surface area contributed by atoms with Crippen LogP contribution in [0.1, 0.15) is 40.0 Å². The molecule has 0 aromatic heterocycles. The second-order valence-corrected chi connectivity index (χ2v) is 5.13. The predicted octanol–water partition coefficient (Wildman–Crippen LogP) is 2.19. The standard InChI is InChI=1S/C10H18O/c1-9(2)8(11)5-4-7-6-10(7,9)3/h7-8,11H,4-6H2,1-3H3. The summed E-state index contributed by atoms with van der Waals surface area (Å²) < 4.78 is 0. The van der Waals surface area contributed by atoms with E-state index in [1.807, 2.05) is 0 Å². The maximum Gasteiger partial charge on any atom is 0.0596 e. The van der Waals surface area contributed by atoms with Crippen LogP contribution in [0.2, 0.25) is 0 Å². The molecular weight excluding hydrogens is 136 g/mol. The molecule has 11 heavy (non-hydrogen) atoms. The molecule has 0 heterocycles. The zero-order valence-electron chi connectivity index (χ0n) is 7.72. The number of aliphatic hydroxyl groups excluding tert-OH is 1. The van der Waals surface area contributed by atoms with E-state index >= 15 is 0 Å². The Hall–Kier alpha value is -0.0400. The number of hydrogen-bond donors (Lipinski definition) is 1. The summed E-state index contributed by atoms with van der Waals surface area (Å²) in [6, 6.07) is 0. The second-order valence-electron chi connectivity index (χ2n) is 5.13. The summed E-state index contributed by atoms with van der Waals surface area (Å²) in [6.07, 6.45) is 3.55. The summed E-state index contributed by atoms with van der Waals surface area (Å²) in [7, 11) is 0. The number of hydrogen-bond acceptors (Lipinski definition) is 1. The third-order valence-electron chi connectivity index (χ3n) is 4.50. The van der Waals surface area contributed by atoms with E-state index in [1.165, 1.54) is 12.8 Å². The second kappa shape index (κ2) is 1.82. The first-order valence-corrected chi connectivity index (χ1v) is 4.66. The van der Waals surface area contributed by atoms with Crippen molar-refractivity contribution in [2.45, 2.75) is 46.1 Å². The first-order chi connectivity index (χ1) is 4.98. The van der Waals surface area contributed by atoms with Crippen LogP contribution in [-0.2, 0) is 0 Å². The van der Waals surface area contributed by atoms with Crippen LogP contribution in [0, 0.1) is 16.7 Å². The molecule has 3 atom stereocenters. The molecule has 0 spiro atoms. The molecule has 2 saturated carbocycles. The lowest BCUT2D eigenvalue weighted by molar-refractivity contribution is -0.0332. The van der Waals surface area contributed by atoms with Crippen LogP contribution in [0.4, 0.5) is 0 Å². The van der Waals surface area contributed by atoms with Gasteiger partial charge in [-0.25, -0.2) is 0 Å². The fraction of sp³-hybridized carbons (Fsp3) is 1.00. The Morgan fingerprint density at radius 3 is 2.36 bits per heavy atom. The summed E-state index contributed by atoms with van der Waals surface area (Å²) in [5, 5.41) is 9.80. The molecule has 0 amide bonds. The van der Waals surface area contributed by atoms with Crippen molar-refractivity contribution >= 4 is 0 Å². The Kier molecular flexibility index (Phi) is 1.26. The maximum absolute atomic E-state index is 9.80. The van der Waals surface area contributed by atoms with Crippen LogP contribution < -0.4 is 0 Å². The smallest absolute Gasteiger partial charge is 0.0596 e. The lowest BCUT2D eigenvalue weighted by atomic mass is 9.66. The molecule has 64 valence electrons. The van der Waals surface area contributed by atoms with Gasteiger partial charge < -0.3 is 5.11 Å². The topological polar surface area (TPSA) is 20.2 Å².